The summed E-state index contributed by atoms with van der Waals surface area (Å²) in [6, 6.07) is 11.4. The molecule has 1 atom stereocenters. The lowest BCUT2D eigenvalue weighted by Crippen LogP contribution is -2.90. The van der Waals surface area contributed by atoms with Gasteiger partial charge < -0.3 is 5.32 Å². The first kappa shape index (κ1) is 17.2. The number of benzene rings is 2. The Morgan fingerprint density at radius 3 is 2.33 bits per heavy atom. The largest absolute Gasteiger partial charge is 0.332 e. The average Bonchev–Trinajstić information content (AvgIpc) is 2.82. The van der Waals surface area contributed by atoms with Gasteiger partial charge >= 0.3 is 0 Å². The Morgan fingerprint density at radius 1 is 1.00 bits per heavy atom. The van der Waals surface area contributed by atoms with Crippen molar-refractivity contribution in [2.45, 2.75) is 19.0 Å². The molecule has 0 bridgehead atoms. The van der Waals surface area contributed by atoms with Gasteiger partial charge in [0.1, 0.15) is 6.54 Å². The highest BCUT2D eigenvalue weighted by Gasteiger charge is 2.42. The van der Waals surface area contributed by atoms with Gasteiger partial charge in [-0.25, -0.2) is 4.90 Å². The first-order valence-corrected chi connectivity index (χ1v) is 8.48. The number of nitrogens with zero attached hydrogens (tertiary/aromatic N) is 1. The van der Waals surface area contributed by atoms with Crippen LogP contribution in [0.2, 0.25) is 15.1 Å². The predicted octanol–water partition coefficient (Wildman–Crippen LogP) is 3.04. The summed E-state index contributed by atoms with van der Waals surface area (Å²) in [5, 5.41) is 3.49. The molecule has 2 aromatic carbocycles. The second-order valence-corrected chi connectivity index (χ2v) is 6.81. The van der Waals surface area contributed by atoms with Crippen molar-refractivity contribution in [2.24, 2.45) is 0 Å². The van der Waals surface area contributed by atoms with Crippen LogP contribution in [0.4, 0.5) is 5.69 Å². The molecule has 0 aromatic heterocycles. The zero-order valence-corrected chi connectivity index (χ0v) is 14.8. The number of quaternary nitrogens is 1. The second-order valence-electron chi connectivity index (χ2n) is 5.53. The maximum absolute atomic E-state index is 12.5. The minimum Gasteiger partial charge on any atom is -0.332 e. The molecule has 0 unspecified atom stereocenters. The maximum Gasteiger partial charge on any atom is 0.292 e. The van der Waals surface area contributed by atoms with E-state index in [1.54, 1.807) is 36.4 Å². The summed E-state index contributed by atoms with van der Waals surface area (Å²) in [4.78, 5) is 26.0. The molecule has 0 spiro atoms. The first-order chi connectivity index (χ1) is 11.5. The van der Waals surface area contributed by atoms with Gasteiger partial charge in [-0.05, 0) is 36.4 Å². The van der Waals surface area contributed by atoms with Crippen LogP contribution in [-0.2, 0) is 16.1 Å². The fourth-order valence-electron chi connectivity index (χ4n) is 2.66. The molecular weight excluding hydrogens is 371 g/mol. The van der Waals surface area contributed by atoms with Crippen molar-refractivity contribution < 1.29 is 14.9 Å². The maximum atomic E-state index is 12.5. The number of amides is 2. The minimum absolute atomic E-state index is 0.159. The number of rotatable bonds is 4. The summed E-state index contributed by atoms with van der Waals surface area (Å²) in [7, 11) is 0. The number of imide groups is 1. The van der Waals surface area contributed by atoms with Crippen LogP contribution in [0.25, 0.3) is 0 Å². The van der Waals surface area contributed by atoms with Crippen molar-refractivity contribution in [1.82, 2.24) is 0 Å². The number of halogens is 3. The summed E-state index contributed by atoms with van der Waals surface area (Å²) in [6.45, 7) is 0.494. The lowest BCUT2D eigenvalue weighted by Gasteiger charge is -2.14. The summed E-state index contributed by atoms with van der Waals surface area (Å²) < 4.78 is 0. The van der Waals surface area contributed by atoms with Gasteiger partial charge in [-0.3, -0.25) is 9.59 Å². The number of anilines is 1. The van der Waals surface area contributed by atoms with Crippen molar-refractivity contribution in [3.05, 3.63) is 63.1 Å². The molecule has 1 aliphatic rings. The topological polar surface area (TPSA) is 54.0 Å². The number of nitrogens with two attached hydrogens (primary N) is 1. The number of carbonyl (C=O) groups is 2. The highest BCUT2D eigenvalue weighted by molar-refractivity contribution is 6.35. The van der Waals surface area contributed by atoms with Crippen molar-refractivity contribution in [2.75, 3.05) is 4.90 Å². The Balaban J connectivity index is 1.71. The van der Waals surface area contributed by atoms with Crippen molar-refractivity contribution in [3.63, 3.8) is 0 Å². The third-order valence-corrected chi connectivity index (χ3v) is 4.74. The first-order valence-electron chi connectivity index (χ1n) is 7.35. The Hall–Kier alpha value is -1.59. The van der Waals surface area contributed by atoms with Gasteiger partial charge in [0.05, 0.1) is 17.1 Å². The molecule has 1 saturated heterocycles. The van der Waals surface area contributed by atoms with E-state index >= 15 is 0 Å². The third-order valence-electron chi connectivity index (χ3n) is 3.90. The van der Waals surface area contributed by atoms with Crippen LogP contribution in [0.5, 0.6) is 0 Å². The smallest absolute Gasteiger partial charge is 0.292 e. The summed E-state index contributed by atoms with van der Waals surface area (Å²) >= 11 is 17.9. The van der Waals surface area contributed by atoms with Crippen LogP contribution < -0.4 is 10.2 Å². The van der Waals surface area contributed by atoms with E-state index in [-0.39, 0.29) is 18.2 Å². The van der Waals surface area contributed by atoms with Gasteiger partial charge in [-0.2, -0.15) is 0 Å². The SMILES string of the molecule is O=C1C[C@@H]([NH2+]Cc2ccc(Cl)cc2Cl)C(=O)N1c1ccc(Cl)cc1. The predicted molar refractivity (Wildman–Crippen MR) is 94.4 cm³/mol. The van der Waals surface area contributed by atoms with Crippen LogP contribution in [0.1, 0.15) is 12.0 Å². The normalized spacial score (nSPS) is 17.6. The summed E-state index contributed by atoms with van der Waals surface area (Å²) in [5.74, 6) is -0.446. The monoisotopic (exact) mass is 383 g/mol. The fraction of sp³-hybridized carbons (Fsp3) is 0.176. The molecule has 4 nitrogen and oxygen atoms in total. The molecule has 2 amide bonds. The van der Waals surface area contributed by atoms with E-state index < -0.39 is 6.04 Å². The van der Waals surface area contributed by atoms with Crippen molar-refractivity contribution in [3.8, 4) is 0 Å². The van der Waals surface area contributed by atoms with E-state index in [9.17, 15) is 9.59 Å². The molecule has 2 N–H and O–H groups in total. The van der Waals surface area contributed by atoms with Gasteiger partial charge in [0.2, 0.25) is 5.91 Å². The molecule has 1 fully saturated rings. The van der Waals surface area contributed by atoms with E-state index in [4.69, 9.17) is 34.8 Å². The van der Waals surface area contributed by atoms with Gasteiger partial charge in [0.15, 0.2) is 6.04 Å². The quantitative estimate of drug-likeness (QED) is 0.824. The molecule has 0 aliphatic carbocycles. The zero-order valence-electron chi connectivity index (χ0n) is 12.5. The summed E-state index contributed by atoms with van der Waals surface area (Å²) in [5.41, 5.74) is 1.40. The highest BCUT2D eigenvalue weighted by atomic mass is 35.5. The molecule has 1 aliphatic heterocycles. The molecule has 0 radical (unpaired) electrons. The van der Waals surface area contributed by atoms with E-state index in [1.165, 1.54) is 4.90 Å². The van der Waals surface area contributed by atoms with Crippen LogP contribution in [0.15, 0.2) is 42.5 Å². The standard InChI is InChI=1S/C17H13Cl3N2O2/c18-11-3-5-13(6-4-11)22-16(23)8-15(17(22)24)21-9-10-1-2-12(19)7-14(10)20/h1-7,15,21H,8-9H2/p+1/t15-/m1/s1. The van der Waals surface area contributed by atoms with Crippen LogP contribution in [-0.4, -0.2) is 17.9 Å². The molecule has 124 valence electrons. The molecule has 3 rings (SSSR count). The molecular formula is C17H14Cl3N2O2+. The van der Waals surface area contributed by atoms with E-state index in [0.29, 0.717) is 27.3 Å². The van der Waals surface area contributed by atoms with E-state index in [2.05, 4.69) is 0 Å². The average molecular weight is 385 g/mol. The van der Waals surface area contributed by atoms with Gasteiger partial charge in [-0.15, -0.1) is 0 Å². The summed E-state index contributed by atoms with van der Waals surface area (Å²) in [6.07, 6.45) is 0.159. The lowest BCUT2D eigenvalue weighted by atomic mass is 10.2. The van der Waals surface area contributed by atoms with Crippen LogP contribution in [0.3, 0.4) is 0 Å². The molecule has 7 heteroatoms. The fourth-order valence-corrected chi connectivity index (χ4v) is 3.27. The van der Waals surface area contributed by atoms with Gasteiger partial charge in [0, 0.05) is 15.6 Å². The molecule has 1 heterocycles. The third kappa shape index (κ3) is 3.57. The van der Waals surface area contributed by atoms with E-state index in [0.717, 1.165) is 5.56 Å². The Morgan fingerprint density at radius 2 is 1.67 bits per heavy atom. The van der Waals surface area contributed by atoms with Crippen molar-refractivity contribution >= 4 is 52.3 Å². The minimum atomic E-state index is -0.458. The number of carbonyl (C=O) groups excluding carboxylic acids is 2. The highest BCUT2D eigenvalue weighted by Crippen LogP contribution is 2.24. The number of hydrogen-bond donors (Lipinski definition) is 1. The van der Waals surface area contributed by atoms with Gasteiger partial charge in [-0.1, -0.05) is 40.9 Å². The van der Waals surface area contributed by atoms with E-state index in [1.807, 2.05) is 11.4 Å². The van der Waals surface area contributed by atoms with Crippen molar-refractivity contribution in [1.29, 1.82) is 0 Å². The Kier molecular flexibility index (Phi) is 5.11. The Labute approximate surface area is 154 Å². The number of hydrogen-bond acceptors (Lipinski definition) is 2. The van der Waals surface area contributed by atoms with Gasteiger partial charge in [0.25, 0.3) is 5.91 Å². The molecule has 0 saturated carbocycles. The Bertz CT molecular complexity index is 793. The second kappa shape index (κ2) is 7.11. The zero-order chi connectivity index (χ0) is 17.3. The van der Waals surface area contributed by atoms with Crippen LogP contribution in [0, 0.1) is 0 Å². The molecule has 2 aromatic rings. The lowest BCUT2D eigenvalue weighted by molar-refractivity contribution is -0.690. The van der Waals surface area contributed by atoms with Crippen LogP contribution >= 0.6 is 34.8 Å². The molecule has 24 heavy (non-hydrogen) atoms.